The van der Waals surface area contributed by atoms with Crippen molar-refractivity contribution in [1.29, 1.82) is 0 Å². The minimum Gasteiger partial charge on any atom is -0.388 e. The number of aliphatic hydroxyl groups is 1. The standard InChI is InChI=1S/C18H19ClN2O3/c1-4-10-21(11-5-2)18(23)17-15(12(3)22)16(20-24-17)13-6-8-14(19)9-7-13/h4-9,12,22H,1-2,10-11H2,3H3/t12-/m0/s1. The van der Waals surface area contributed by atoms with E-state index < -0.39 is 6.10 Å². The second-order valence-electron chi connectivity index (χ2n) is 5.24. The van der Waals surface area contributed by atoms with E-state index in [0.717, 1.165) is 0 Å². The molecule has 1 atom stereocenters. The summed E-state index contributed by atoms with van der Waals surface area (Å²) in [5.41, 5.74) is 1.47. The van der Waals surface area contributed by atoms with E-state index in [4.69, 9.17) is 16.1 Å². The van der Waals surface area contributed by atoms with E-state index in [0.29, 0.717) is 34.9 Å². The minimum absolute atomic E-state index is 0.0126. The Morgan fingerprint density at radius 3 is 2.42 bits per heavy atom. The highest BCUT2D eigenvalue weighted by Gasteiger charge is 2.28. The number of benzene rings is 1. The highest BCUT2D eigenvalue weighted by atomic mass is 35.5. The number of halogens is 1. The Balaban J connectivity index is 2.48. The highest BCUT2D eigenvalue weighted by molar-refractivity contribution is 6.30. The number of hydrogen-bond acceptors (Lipinski definition) is 4. The van der Waals surface area contributed by atoms with Gasteiger partial charge in [0.15, 0.2) is 0 Å². The van der Waals surface area contributed by atoms with Crippen molar-refractivity contribution in [1.82, 2.24) is 10.1 Å². The molecule has 126 valence electrons. The first-order valence-electron chi connectivity index (χ1n) is 7.44. The van der Waals surface area contributed by atoms with Gasteiger partial charge < -0.3 is 14.5 Å². The zero-order valence-corrected chi connectivity index (χ0v) is 14.2. The van der Waals surface area contributed by atoms with Crippen LogP contribution in [0.3, 0.4) is 0 Å². The van der Waals surface area contributed by atoms with Gasteiger partial charge in [-0.3, -0.25) is 4.79 Å². The number of hydrogen-bond donors (Lipinski definition) is 1. The van der Waals surface area contributed by atoms with E-state index in [2.05, 4.69) is 18.3 Å². The number of nitrogens with zero attached hydrogens (tertiary/aromatic N) is 2. The largest absolute Gasteiger partial charge is 0.388 e. The Kier molecular flexibility index (Phi) is 5.95. The maximum Gasteiger partial charge on any atom is 0.293 e. The third-order valence-electron chi connectivity index (χ3n) is 3.44. The van der Waals surface area contributed by atoms with Crippen LogP contribution in [0.25, 0.3) is 11.3 Å². The van der Waals surface area contributed by atoms with Crippen molar-refractivity contribution in [3.05, 3.63) is 65.9 Å². The molecule has 0 aliphatic heterocycles. The van der Waals surface area contributed by atoms with Crippen LogP contribution in [0.15, 0.2) is 54.1 Å². The van der Waals surface area contributed by atoms with E-state index >= 15 is 0 Å². The van der Waals surface area contributed by atoms with E-state index in [1.165, 1.54) is 4.90 Å². The molecular weight excluding hydrogens is 328 g/mol. The molecule has 0 bridgehead atoms. The molecular formula is C18H19ClN2O3. The quantitative estimate of drug-likeness (QED) is 0.773. The second kappa shape index (κ2) is 7.95. The lowest BCUT2D eigenvalue weighted by Gasteiger charge is -2.18. The van der Waals surface area contributed by atoms with Crippen LogP contribution in [0.1, 0.15) is 29.1 Å². The molecule has 6 heteroatoms. The second-order valence-corrected chi connectivity index (χ2v) is 5.68. The van der Waals surface area contributed by atoms with Crippen LogP contribution in [0.5, 0.6) is 0 Å². The van der Waals surface area contributed by atoms with Crippen LogP contribution >= 0.6 is 11.6 Å². The molecule has 2 aromatic rings. The molecule has 1 N–H and O–H groups in total. The number of carbonyl (C=O) groups excluding carboxylic acids is 1. The molecule has 0 unspecified atom stereocenters. The first kappa shape index (κ1) is 18.0. The van der Waals surface area contributed by atoms with Crippen molar-refractivity contribution in [3.8, 4) is 11.3 Å². The van der Waals surface area contributed by atoms with E-state index in [1.54, 1.807) is 43.3 Å². The number of carbonyl (C=O) groups is 1. The molecule has 0 fully saturated rings. The molecule has 24 heavy (non-hydrogen) atoms. The van der Waals surface area contributed by atoms with E-state index in [-0.39, 0.29) is 11.7 Å². The first-order valence-corrected chi connectivity index (χ1v) is 7.82. The van der Waals surface area contributed by atoms with Gasteiger partial charge in [-0.25, -0.2) is 0 Å². The van der Waals surface area contributed by atoms with Gasteiger partial charge in [0.05, 0.1) is 11.7 Å². The number of aliphatic hydroxyl groups excluding tert-OH is 1. The van der Waals surface area contributed by atoms with Crippen LogP contribution in [-0.4, -0.2) is 34.2 Å². The van der Waals surface area contributed by atoms with Crippen molar-refractivity contribution in [2.75, 3.05) is 13.1 Å². The normalized spacial score (nSPS) is 11.8. The predicted molar refractivity (Wildman–Crippen MR) is 93.9 cm³/mol. The van der Waals surface area contributed by atoms with Crippen molar-refractivity contribution in [2.45, 2.75) is 13.0 Å². The number of amides is 1. The maximum atomic E-state index is 12.7. The summed E-state index contributed by atoms with van der Waals surface area (Å²) in [7, 11) is 0. The lowest BCUT2D eigenvalue weighted by Crippen LogP contribution is -2.31. The van der Waals surface area contributed by atoms with Gasteiger partial charge in [0.25, 0.3) is 5.91 Å². The summed E-state index contributed by atoms with van der Waals surface area (Å²) in [6.07, 6.45) is 2.30. The fourth-order valence-corrected chi connectivity index (χ4v) is 2.48. The Morgan fingerprint density at radius 1 is 1.33 bits per heavy atom. The van der Waals surface area contributed by atoms with E-state index in [9.17, 15) is 9.90 Å². The Morgan fingerprint density at radius 2 is 1.92 bits per heavy atom. The average Bonchev–Trinajstić information content (AvgIpc) is 3.00. The van der Waals surface area contributed by atoms with Gasteiger partial charge in [-0.2, -0.15) is 0 Å². The van der Waals surface area contributed by atoms with Crippen molar-refractivity contribution in [3.63, 3.8) is 0 Å². The van der Waals surface area contributed by atoms with Crippen LogP contribution in [-0.2, 0) is 0 Å². The molecule has 1 heterocycles. The Bertz CT molecular complexity index is 725. The molecule has 0 radical (unpaired) electrons. The van der Waals surface area contributed by atoms with Gasteiger partial charge in [-0.05, 0) is 19.1 Å². The first-order chi connectivity index (χ1) is 11.5. The number of aromatic nitrogens is 1. The monoisotopic (exact) mass is 346 g/mol. The average molecular weight is 347 g/mol. The van der Waals surface area contributed by atoms with Gasteiger partial charge in [0, 0.05) is 23.7 Å². The molecule has 2 rings (SSSR count). The molecule has 0 aliphatic rings. The van der Waals surface area contributed by atoms with Gasteiger partial charge in [0.2, 0.25) is 5.76 Å². The zero-order chi connectivity index (χ0) is 17.7. The summed E-state index contributed by atoms with van der Waals surface area (Å²) in [5, 5.41) is 14.7. The lowest BCUT2D eigenvalue weighted by molar-refractivity contribution is 0.0741. The van der Waals surface area contributed by atoms with E-state index in [1.807, 2.05) is 0 Å². The van der Waals surface area contributed by atoms with Crippen molar-refractivity contribution < 1.29 is 14.4 Å². The molecule has 1 aromatic heterocycles. The molecule has 1 aromatic carbocycles. The summed E-state index contributed by atoms with van der Waals surface area (Å²) < 4.78 is 5.27. The third-order valence-corrected chi connectivity index (χ3v) is 3.70. The van der Waals surface area contributed by atoms with Crippen molar-refractivity contribution in [2.24, 2.45) is 0 Å². The molecule has 0 aliphatic carbocycles. The summed E-state index contributed by atoms with van der Waals surface area (Å²) >= 11 is 5.90. The molecule has 0 saturated heterocycles. The Hall–Kier alpha value is -2.37. The molecule has 5 nitrogen and oxygen atoms in total. The lowest BCUT2D eigenvalue weighted by atomic mass is 10.0. The number of rotatable bonds is 7. The maximum absolute atomic E-state index is 12.7. The van der Waals surface area contributed by atoms with Gasteiger partial charge in [0.1, 0.15) is 5.69 Å². The van der Waals surface area contributed by atoms with Crippen LogP contribution in [0, 0.1) is 0 Å². The van der Waals surface area contributed by atoms with Crippen LogP contribution in [0.2, 0.25) is 5.02 Å². The Labute approximate surface area is 145 Å². The molecule has 0 saturated carbocycles. The SMILES string of the molecule is C=CCN(CC=C)C(=O)c1onc(-c2ccc(Cl)cc2)c1[C@H](C)O. The van der Waals surface area contributed by atoms with Crippen LogP contribution < -0.4 is 0 Å². The fraction of sp³-hybridized carbons (Fsp3) is 0.222. The van der Waals surface area contributed by atoms with Crippen molar-refractivity contribution >= 4 is 17.5 Å². The summed E-state index contributed by atoms with van der Waals surface area (Å²) in [5.74, 6) is -0.364. The predicted octanol–water partition coefficient (Wildman–Crippen LogP) is 3.86. The van der Waals surface area contributed by atoms with Gasteiger partial charge >= 0.3 is 0 Å². The topological polar surface area (TPSA) is 66.6 Å². The summed E-state index contributed by atoms with van der Waals surface area (Å²) in [4.78, 5) is 14.2. The van der Waals surface area contributed by atoms with Crippen LogP contribution in [0.4, 0.5) is 0 Å². The fourth-order valence-electron chi connectivity index (χ4n) is 2.35. The molecule has 0 spiro atoms. The summed E-state index contributed by atoms with van der Waals surface area (Å²) in [6, 6.07) is 6.93. The highest BCUT2D eigenvalue weighted by Crippen LogP contribution is 2.31. The van der Waals surface area contributed by atoms with Gasteiger partial charge in [-0.1, -0.05) is 41.0 Å². The smallest absolute Gasteiger partial charge is 0.293 e. The van der Waals surface area contributed by atoms with Gasteiger partial charge in [-0.15, -0.1) is 13.2 Å². The minimum atomic E-state index is -0.921. The summed E-state index contributed by atoms with van der Waals surface area (Å²) in [6.45, 7) is 9.51. The zero-order valence-electron chi connectivity index (χ0n) is 13.4. The third kappa shape index (κ3) is 3.75. The molecule has 1 amide bonds.